The molecular formula is C11H12N2O2S2. The van der Waals surface area contributed by atoms with E-state index in [2.05, 4.69) is 29.4 Å². The van der Waals surface area contributed by atoms with Crippen molar-refractivity contribution in [3.63, 3.8) is 0 Å². The number of aromatic nitrogens is 1. The Morgan fingerprint density at radius 1 is 1.47 bits per heavy atom. The molecule has 0 aliphatic heterocycles. The Labute approximate surface area is 107 Å². The predicted octanol–water partition coefficient (Wildman–Crippen LogP) is 3.08. The Hall–Kier alpha value is -1.40. The van der Waals surface area contributed by atoms with Gasteiger partial charge in [-0.05, 0) is 18.6 Å². The van der Waals surface area contributed by atoms with Crippen LogP contribution in [0.3, 0.4) is 0 Å². The van der Waals surface area contributed by atoms with Crippen LogP contribution in [0.25, 0.3) is 0 Å². The van der Waals surface area contributed by atoms with Gasteiger partial charge in [0.15, 0.2) is 5.69 Å². The average molecular weight is 268 g/mol. The molecule has 0 unspecified atom stereocenters. The number of aryl methyl sites for hydroxylation is 1. The highest BCUT2D eigenvalue weighted by Gasteiger charge is 2.13. The molecule has 17 heavy (non-hydrogen) atoms. The summed E-state index contributed by atoms with van der Waals surface area (Å²) in [4.78, 5) is 17.2. The van der Waals surface area contributed by atoms with Gasteiger partial charge >= 0.3 is 5.97 Å². The van der Waals surface area contributed by atoms with Crippen LogP contribution in [0.1, 0.15) is 27.2 Å². The zero-order valence-corrected chi connectivity index (χ0v) is 10.9. The summed E-state index contributed by atoms with van der Waals surface area (Å²) in [5, 5.41) is 12.6. The van der Waals surface area contributed by atoms with Crippen molar-refractivity contribution in [1.82, 2.24) is 4.98 Å². The van der Waals surface area contributed by atoms with Crippen molar-refractivity contribution in [2.45, 2.75) is 19.9 Å². The van der Waals surface area contributed by atoms with Crippen LogP contribution in [0.5, 0.6) is 0 Å². The van der Waals surface area contributed by atoms with Gasteiger partial charge in [-0.1, -0.05) is 6.92 Å². The summed E-state index contributed by atoms with van der Waals surface area (Å²) in [7, 11) is 0. The summed E-state index contributed by atoms with van der Waals surface area (Å²) >= 11 is 3.05. The van der Waals surface area contributed by atoms with E-state index in [1.165, 1.54) is 26.6 Å². The maximum Gasteiger partial charge on any atom is 0.357 e. The minimum Gasteiger partial charge on any atom is -0.476 e. The van der Waals surface area contributed by atoms with Gasteiger partial charge in [-0.25, -0.2) is 9.78 Å². The molecule has 0 aromatic carbocycles. The van der Waals surface area contributed by atoms with Crippen LogP contribution in [0.4, 0.5) is 5.00 Å². The molecule has 6 heteroatoms. The maximum atomic E-state index is 10.9. The van der Waals surface area contributed by atoms with E-state index >= 15 is 0 Å². The molecule has 0 aliphatic carbocycles. The Morgan fingerprint density at radius 2 is 2.24 bits per heavy atom. The number of rotatable bonds is 5. The Balaban J connectivity index is 2.02. The third-order valence-electron chi connectivity index (χ3n) is 2.26. The first-order valence-corrected chi connectivity index (χ1v) is 6.88. The van der Waals surface area contributed by atoms with Gasteiger partial charge in [0, 0.05) is 9.75 Å². The number of carboxylic acid groups (broad SMARTS) is 1. The molecule has 2 N–H and O–H groups in total. The highest BCUT2D eigenvalue weighted by molar-refractivity contribution is 7.14. The first-order chi connectivity index (χ1) is 8.20. The number of carboxylic acids is 1. The molecule has 0 bridgehead atoms. The molecule has 90 valence electrons. The van der Waals surface area contributed by atoms with E-state index in [0.29, 0.717) is 11.5 Å². The number of thiophene rings is 1. The maximum absolute atomic E-state index is 10.9. The zero-order chi connectivity index (χ0) is 12.3. The summed E-state index contributed by atoms with van der Waals surface area (Å²) in [6.45, 7) is 2.77. The van der Waals surface area contributed by atoms with Gasteiger partial charge in [-0.2, -0.15) is 0 Å². The lowest BCUT2D eigenvalue weighted by Crippen LogP contribution is -2.03. The minimum atomic E-state index is -0.992. The van der Waals surface area contributed by atoms with E-state index in [4.69, 9.17) is 5.11 Å². The van der Waals surface area contributed by atoms with Crippen LogP contribution in [-0.2, 0) is 13.0 Å². The topological polar surface area (TPSA) is 62.2 Å². The molecule has 2 aromatic heterocycles. The van der Waals surface area contributed by atoms with Crippen LogP contribution in [0.2, 0.25) is 0 Å². The van der Waals surface area contributed by atoms with Crippen LogP contribution in [0, 0.1) is 0 Å². The van der Waals surface area contributed by atoms with E-state index in [1.807, 2.05) is 0 Å². The second kappa shape index (κ2) is 5.29. The van der Waals surface area contributed by atoms with Crippen molar-refractivity contribution in [1.29, 1.82) is 0 Å². The van der Waals surface area contributed by atoms with Gasteiger partial charge in [0.1, 0.15) is 5.00 Å². The van der Waals surface area contributed by atoms with Gasteiger partial charge in [0.05, 0.1) is 12.1 Å². The van der Waals surface area contributed by atoms with Crippen LogP contribution in [0.15, 0.2) is 17.6 Å². The fraction of sp³-hybridized carbons (Fsp3) is 0.273. The fourth-order valence-electron chi connectivity index (χ4n) is 1.40. The second-order valence-electron chi connectivity index (χ2n) is 3.41. The highest BCUT2D eigenvalue weighted by atomic mass is 32.1. The summed E-state index contributed by atoms with van der Waals surface area (Å²) in [6, 6.07) is 4.17. The Bertz CT molecular complexity index is 519. The SMILES string of the molecule is CCc1ccc(CNc2scnc2C(=O)O)s1. The molecule has 4 nitrogen and oxygen atoms in total. The third kappa shape index (κ3) is 2.83. The minimum absolute atomic E-state index is 0.0993. The molecule has 2 rings (SSSR count). The quantitative estimate of drug-likeness (QED) is 0.874. The number of hydrogen-bond acceptors (Lipinski definition) is 5. The van der Waals surface area contributed by atoms with Crippen LogP contribution in [-0.4, -0.2) is 16.1 Å². The van der Waals surface area contributed by atoms with E-state index in [-0.39, 0.29) is 5.69 Å². The Morgan fingerprint density at radius 3 is 2.88 bits per heavy atom. The highest BCUT2D eigenvalue weighted by Crippen LogP contribution is 2.23. The standard InChI is InChI=1S/C11H12N2O2S2/c1-2-7-3-4-8(17-7)5-12-10-9(11(14)15)13-6-16-10/h3-4,6,12H,2,5H2,1H3,(H,14,15). The molecule has 0 radical (unpaired) electrons. The number of aromatic carboxylic acids is 1. The third-order valence-corrected chi connectivity index (χ3v) is 4.27. The first kappa shape index (κ1) is 12.1. The van der Waals surface area contributed by atoms with Crippen molar-refractivity contribution < 1.29 is 9.90 Å². The largest absolute Gasteiger partial charge is 0.476 e. The van der Waals surface area contributed by atoms with Gasteiger partial charge in [0.25, 0.3) is 0 Å². The Kier molecular flexibility index (Phi) is 3.75. The lowest BCUT2D eigenvalue weighted by Gasteiger charge is -2.01. The molecule has 0 amide bonds. The number of carbonyl (C=O) groups is 1. The smallest absolute Gasteiger partial charge is 0.357 e. The van der Waals surface area contributed by atoms with E-state index in [0.717, 1.165) is 6.42 Å². The molecule has 2 aromatic rings. The van der Waals surface area contributed by atoms with Crippen molar-refractivity contribution in [3.8, 4) is 0 Å². The summed E-state index contributed by atoms with van der Waals surface area (Å²) in [5.74, 6) is -0.992. The molecule has 0 atom stereocenters. The van der Waals surface area contributed by atoms with Crippen molar-refractivity contribution in [3.05, 3.63) is 33.1 Å². The van der Waals surface area contributed by atoms with E-state index in [1.54, 1.807) is 11.3 Å². The second-order valence-corrected chi connectivity index (χ2v) is 5.52. The predicted molar refractivity (Wildman–Crippen MR) is 70.1 cm³/mol. The fourth-order valence-corrected chi connectivity index (χ4v) is 2.97. The normalized spacial score (nSPS) is 10.4. The number of nitrogens with zero attached hydrogens (tertiary/aromatic N) is 1. The van der Waals surface area contributed by atoms with Crippen molar-refractivity contribution >= 4 is 33.6 Å². The van der Waals surface area contributed by atoms with Crippen LogP contribution < -0.4 is 5.32 Å². The van der Waals surface area contributed by atoms with Crippen molar-refractivity contribution in [2.24, 2.45) is 0 Å². The number of thiazole rings is 1. The van der Waals surface area contributed by atoms with Gasteiger partial charge in [0.2, 0.25) is 0 Å². The molecular weight excluding hydrogens is 256 g/mol. The zero-order valence-electron chi connectivity index (χ0n) is 9.27. The first-order valence-electron chi connectivity index (χ1n) is 5.19. The molecule has 0 aliphatic rings. The van der Waals surface area contributed by atoms with Gasteiger partial charge in [-0.15, -0.1) is 22.7 Å². The van der Waals surface area contributed by atoms with E-state index in [9.17, 15) is 4.79 Å². The van der Waals surface area contributed by atoms with Crippen LogP contribution >= 0.6 is 22.7 Å². The van der Waals surface area contributed by atoms with Crippen molar-refractivity contribution in [2.75, 3.05) is 5.32 Å². The molecule has 0 saturated heterocycles. The monoisotopic (exact) mass is 268 g/mol. The lowest BCUT2D eigenvalue weighted by molar-refractivity contribution is 0.0692. The number of hydrogen-bond donors (Lipinski definition) is 2. The van der Waals surface area contributed by atoms with E-state index < -0.39 is 5.97 Å². The number of nitrogens with one attached hydrogen (secondary N) is 1. The van der Waals surface area contributed by atoms with Gasteiger partial charge in [-0.3, -0.25) is 0 Å². The summed E-state index contributed by atoms with van der Waals surface area (Å²) in [6.07, 6.45) is 1.03. The molecule has 2 heterocycles. The molecule has 0 fully saturated rings. The van der Waals surface area contributed by atoms with Gasteiger partial charge < -0.3 is 10.4 Å². The summed E-state index contributed by atoms with van der Waals surface area (Å²) < 4.78 is 0. The molecule has 0 saturated carbocycles. The lowest BCUT2D eigenvalue weighted by atomic mass is 10.3. The number of anilines is 1. The molecule has 0 spiro atoms. The summed E-state index contributed by atoms with van der Waals surface area (Å²) in [5.41, 5.74) is 1.64. The average Bonchev–Trinajstić information content (AvgIpc) is 2.95.